The fourth-order valence-electron chi connectivity index (χ4n) is 3.80. The molecule has 1 aliphatic rings. The van der Waals surface area contributed by atoms with E-state index in [-0.39, 0.29) is 40.1 Å². The molecule has 3 aromatic rings. The molecule has 0 atom stereocenters. The van der Waals surface area contributed by atoms with E-state index in [2.05, 4.69) is 10.0 Å². The number of likely N-dealkylation sites (tertiary alicyclic amines) is 1. The van der Waals surface area contributed by atoms with E-state index >= 15 is 0 Å². The summed E-state index contributed by atoms with van der Waals surface area (Å²) in [6.45, 7) is 1.21. The number of benzene rings is 3. The van der Waals surface area contributed by atoms with E-state index < -0.39 is 27.6 Å². The zero-order chi connectivity index (χ0) is 26.4. The van der Waals surface area contributed by atoms with Crippen LogP contribution in [0.15, 0.2) is 71.6 Å². The minimum absolute atomic E-state index is 0.00551. The molecule has 0 saturated carbocycles. The summed E-state index contributed by atoms with van der Waals surface area (Å²) in [6.07, 6.45) is 2.97. The van der Waals surface area contributed by atoms with Crippen LogP contribution in [0.25, 0.3) is 0 Å². The zero-order valence-electron chi connectivity index (χ0n) is 19.7. The number of sulfonamides is 1. The molecule has 0 spiro atoms. The number of nitrogens with one attached hydrogen (secondary N) is 2. The molecule has 37 heavy (non-hydrogen) atoms. The Morgan fingerprint density at radius 2 is 1.51 bits per heavy atom. The number of piperidine rings is 1. The first kappa shape index (κ1) is 26.1. The predicted molar refractivity (Wildman–Crippen MR) is 133 cm³/mol. The van der Waals surface area contributed by atoms with Crippen molar-refractivity contribution < 1.29 is 31.5 Å². The molecular weight excluding hydrogens is 504 g/mol. The Morgan fingerprint density at radius 3 is 2.19 bits per heavy atom. The van der Waals surface area contributed by atoms with Crippen molar-refractivity contribution in [2.75, 3.05) is 24.4 Å². The van der Waals surface area contributed by atoms with Gasteiger partial charge in [-0.1, -0.05) is 0 Å². The highest BCUT2D eigenvalue weighted by atomic mass is 32.2. The van der Waals surface area contributed by atoms with Crippen LogP contribution in [0.2, 0.25) is 0 Å². The lowest BCUT2D eigenvalue weighted by Gasteiger charge is -2.26. The monoisotopic (exact) mass is 529 g/mol. The van der Waals surface area contributed by atoms with Gasteiger partial charge in [-0.25, -0.2) is 17.2 Å². The maximum absolute atomic E-state index is 13.9. The molecule has 0 bridgehead atoms. The summed E-state index contributed by atoms with van der Waals surface area (Å²) in [7, 11) is -4.18. The second-order valence-corrected chi connectivity index (χ2v) is 10.1. The summed E-state index contributed by atoms with van der Waals surface area (Å²) in [6, 6.07) is 13.4. The van der Waals surface area contributed by atoms with E-state index in [1.807, 2.05) is 0 Å². The fourth-order valence-corrected chi connectivity index (χ4v) is 4.86. The van der Waals surface area contributed by atoms with Gasteiger partial charge in [0.1, 0.15) is 17.4 Å². The Hall–Kier alpha value is -3.99. The smallest absolute Gasteiger partial charge is 0.262 e. The maximum Gasteiger partial charge on any atom is 0.262 e. The molecule has 2 N–H and O–H groups in total. The molecule has 4 rings (SSSR count). The van der Waals surface area contributed by atoms with Crippen LogP contribution < -0.4 is 14.8 Å². The van der Waals surface area contributed by atoms with Gasteiger partial charge < -0.3 is 15.0 Å². The van der Waals surface area contributed by atoms with Gasteiger partial charge in [0.25, 0.3) is 15.9 Å². The van der Waals surface area contributed by atoms with Gasteiger partial charge >= 0.3 is 0 Å². The van der Waals surface area contributed by atoms with E-state index in [4.69, 9.17) is 4.74 Å². The molecule has 0 radical (unpaired) electrons. The molecule has 0 aromatic heterocycles. The first-order valence-corrected chi connectivity index (χ1v) is 13.1. The molecule has 8 nitrogen and oxygen atoms in total. The van der Waals surface area contributed by atoms with Crippen molar-refractivity contribution in [1.29, 1.82) is 0 Å². The summed E-state index contributed by atoms with van der Waals surface area (Å²) < 4.78 is 60.8. The van der Waals surface area contributed by atoms with E-state index in [9.17, 15) is 26.8 Å². The van der Waals surface area contributed by atoms with Gasteiger partial charge in [-0.05, 0) is 79.9 Å². The predicted octanol–water partition coefficient (Wildman–Crippen LogP) is 4.30. The molecular formula is C26H25F2N3O5S. The number of rotatable bonds is 8. The van der Waals surface area contributed by atoms with Crippen LogP contribution in [0, 0.1) is 11.6 Å². The molecule has 11 heteroatoms. The first-order valence-electron chi connectivity index (χ1n) is 11.6. The number of ether oxygens (including phenoxy) is 1. The minimum Gasteiger partial charge on any atom is -0.455 e. The summed E-state index contributed by atoms with van der Waals surface area (Å²) in [5.41, 5.74) is 0.0128. The zero-order valence-corrected chi connectivity index (χ0v) is 20.6. The normalized spacial score (nSPS) is 13.6. The van der Waals surface area contributed by atoms with E-state index in [1.165, 1.54) is 54.6 Å². The summed E-state index contributed by atoms with van der Waals surface area (Å²) in [5.74, 6) is -1.62. The largest absolute Gasteiger partial charge is 0.455 e. The Morgan fingerprint density at radius 1 is 0.865 bits per heavy atom. The van der Waals surface area contributed by atoms with Crippen molar-refractivity contribution in [2.45, 2.75) is 24.2 Å². The molecule has 194 valence electrons. The van der Waals surface area contributed by atoms with Gasteiger partial charge in [0, 0.05) is 24.7 Å². The Kier molecular flexibility index (Phi) is 8.02. The van der Waals surface area contributed by atoms with Crippen LogP contribution in [0.1, 0.15) is 29.6 Å². The number of amides is 2. The summed E-state index contributed by atoms with van der Waals surface area (Å²) >= 11 is 0. The van der Waals surface area contributed by atoms with Crippen molar-refractivity contribution in [1.82, 2.24) is 10.2 Å². The van der Waals surface area contributed by atoms with Crippen LogP contribution in [0.5, 0.6) is 11.5 Å². The quantitative estimate of drug-likeness (QED) is 0.453. The number of nitrogens with zero attached hydrogens (tertiary/aromatic N) is 1. The second kappa shape index (κ2) is 11.4. The van der Waals surface area contributed by atoms with Gasteiger partial charge in [-0.15, -0.1) is 0 Å². The molecule has 1 saturated heterocycles. The molecule has 2 amide bonds. The highest BCUT2D eigenvalue weighted by Gasteiger charge is 2.20. The summed E-state index contributed by atoms with van der Waals surface area (Å²) in [4.78, 5) is 26.2. The SMILES string of the molecule is O=C(NCC(=O)N1CCCCC1)c1ccc(S(=O)(=O)Nc2cc(F)ccc2Oc2ccc(F)cc2)cc1. The molecule has 3 aromatic carbocycles. The van der Waals surface area contributed by atoms with E-state index in [0.29, 0.717) is 13.1 Å². The third-order valence-electron chi connectivity index (χ3n) is 5.76. The number of anilines is 1. The van der Waals surface area contributed by atoms with Gasteiger partial charge in [0.15, 0.2) is 5.75 Å². The number of hydrogen-bond donors (Lipinski definition) is 2. The molecule has 0 unspecified atom stereocenters. The topological polar surface area (TPSA) is 105 Å². The number of carbonyl (C=O) groups is 2. The van der Waals surface area contributed by atoms with Crippen LogP contribution in [-0.2, 0) is 14.8 Å². The van der Waals surface area contributed by atoms with Crippen molar-refractivity contribution in [2.24, 2.45) is 0 Å². The third-order valence-corrected chi connectivity index (χ3v) is 7.14. The highest BCUT2D eigenvalue weighted by Crippen LogP contribution is 2.32. The lowest BCUT2D eigenvalue weighted by molar-refractivity contribution is -0.130. The van der Waals surface area contributed by atoms with Crippen molar-refractivity contribution >= 4 is 27.5 Å². The van der Waals surface area contributed by atoms with Crippen LogP contribution in [0.4, 0.5) is 14.5 Å². The van der Waals surface area contributed by atoms with E-state index in [0.717, 1.165) is 31.4 Å². The first-order chi connectivity index (χ1) is 17.7. The van der Waals surface area contributed by atoms with Gasteiger partial charge in [-0.2, -0.15) is 0 Å². The average molecular weight is 530 g/mol. The molecule has 1 fully saturated rings. The molecule has 0 aliphatic carbocycles. The molecule has 1 aliphatic heterocycles. The van der Waals surface area contributed by atoms with Gasteiger partial charge in [-0.3, -0.25) is 14.3 Å². The lowest BCUT2D eigenvalue weighted by atomic mass is 10.1. The van der Waals surface area contributed by atoms with Crippen LogP contribution in [0.3, 0.4) is 0 Å². The molecule has 1 heterocycles. The Bertz CT molecular complexity index is 1370. The van der Waals surface area contributed by atoms with Crippen LogP contribution in [-0.4, -0.2) is 44.8 Å². The van der Waals surface area contributed by atoms with Crippen molar-refractivity contribution in [3.8, 4) is 11.5 Å². The maximum atomic E-state index is 13.9. The average Bonchev–Trinajstić information content (AvgIpc) is 2.90. The highest BCUT2D eigenvalue weighted by molar-refractivity contribution is 7.92. The second-order valence-electron chi connectivity index (χ2n) is 8.45. The van der Waals surface area contributed by atoms with Crippen LogP contribution >= 0.6 is 0 Å². The van der Waals surface area contributed by atoms with Gasteiger partial charge in [0.2, 0.25) is 5.91 Å². The summed E-state index contributed by atoms with van der Waals surface area (Å²) in [5, 5.41) is 2.56. The Labute approximate surface area is 213 Å². The lowest BCUT2D eigenvalue weighted by Crippen LogP contribution is -2.42. The standard InChI is InChI=1S/C26H25F2N3O5S/c27-19-6-9-21(10-7-19)36-24-13-8-20(28)16-23(24)30-37(34,35)22-11-4-18(5-12-22)26(33)29-17-25(32)31-14-2-1-3-15-31/h4-13,16,30H,1-3,14-15,17H2,(H,29,33). The van der Waals surface area contributed by atoms with Crippen molar-refractivity contribution in [3.05, 3.63) is 83.9 Å². The van der Waals surface area contributed by atoms with Crippen molar-refractivity contribution in [3.63, 3.8) is 0 Å². The van der Waals surface area contributed by atoms with E-state index in [1.54, 1.807) is 4.90 Å². The number of hydrogen-bond acceptors (Lipinski definition) is 5. The van der Waals surface area contributed by atoms with Gasteiger partial charge in [0.05, 0.1) is 17.1 Å². The Balaban J connectivity index is 1.43. The number of carbonyl (C=O) groups excluding carboxylic acids is 2. The fraction of sp³-hybridized carbons (Fsp3) is 0.231. The third kappa shape index (κ3) is 6.82. The number of halogens is 2. The minimum atomic E-state index is -4.18.